The number of fused-ring (bicyclic) bond motifs is 2. The lowest BCUT2D eigenvalue weighted by atomic mass is 9.59. The van der Waals surface area contributed by atoms with E-state index in [0.717, 1.165) is 0 Å². The summed E-state index contributed by atoms with van der Waals surface area (Å²) in [6.07, 6.45) is -5.49. The fraction of sp³-hybridized carbons (Fsp3) is 0.886. The van der Waals surface area contributed by atoms with Gasteiger partial charge in [-0.3, -0.25) is 5.26 Å². The first-order valence-electron chi connectivity index (χ1n) is 18.1. The summed E-state index contributed by atoms with van der Waals surface area (Å²) in [5.41, 5.74) is -2.87. The predicted octanol–water partition coefficient (Wildman–Crippen LogP) is 7.73. The maximum absolute atomic E-state index is 15.0. The highest BCUT2D eigenvalue weighted by Gasteiger charge is 2.75. The van der Waals surface area contributed by atoms with Gasteiger partial charge in [-0.15, -0.1) is 0 Å². The molecule has 13 atom stereocenters. The molecule has 16 heteroatoms. The minimum Gasteiger partial charge on any atom is -0.456 e. The van der Waals surface area contributed by atoms with Crippen molar-refractivity contribution in [2.75, 3.05) is 19.8 Å². The molecule has 0 amide bonds. The molecule has 51 heavy (non-hydrogen) atoms. The zero-order chi connectivity index (χ0) is 36.6. The van der Waals surface area contributed by atoms with Crippen molar-refractivity contribution in [3.63, 3.8) is 0 Å². The van der Waals surface area contributed by atoms with Crippen LogP contribution in [0.2, 0.25) is 0 Å². The first-order chi connectivity index (χ1) is 24.0. The number of alkyl halides is 6. The summed E-state index contributed by atoms with van der Waals surface area (Å²) >= 11 is 0. The largest absolute Gasteiger partial charge is 0.456 e. The summed E-state index contributed by atoms with van der Waals surface area (Å²) in [7, 11) is 0. The summed E-state index contributed by atoms with van der Waals surface area (Å²) in [6, 6.07) is 0. The maximum atomic E-state index is 15.0. The number of hydrogen-bond donors (Lipinski definition) is 1. The Morgan fingerprint density at radius 1 is 0.863 bits per heavy atom. The Hall–Kier alpha value is -1.50. The van der Waals surface area contributed by atoms with Crippen LogP contribution in [0.25, 0.3) is 0 Å². The standard InChI is InChI=1S/C35H48F6O10/c1-19-10-13-26-23(27(34(36,37)38)46-29-32(26)24(19)14-15-30(4,47-29)50-51-32)18-43-16-5-6-17-44-33(35(39,40)41)21(3)25-9-7-8-22-12-11-20(2)45-28(48-33)31(22,25)49-42/h5-6,19-22,24-26,28-29,42H,7-18H2,1-4H3/b6-5+/t19-,20+,21-,22?,24?,25+,26+,28+,29-,30?,31?,32-,33-/m1/s1. The monoisotopic (exact) mass is 742 g/mol. The second-order valence-corrected chi connectivity index (χ2v) is 15.7. The predicted molar refractivity (Wildman–Crippen MR) is 163 cm³/mol. The molecule has 0 aromatic rings. The van der Waals surface area contributed by atoms with Gasteiger partial charge in [0.25, 0.3) is 5.79 Å². The first kappa shape index (κ1) is 37.8. The van der Waals surface area contributed by atoms with Crippen molar-refractivity contribution in [1.82, 2.24) is 0 Å². The van der Waals surface area contributed by atoms with Crippen LogP contribution in [0.4, 0.5) is 26.3 Å². The summed E-state index contributed by atoms with van der Waals surface area (Å²) < 4.78 is 123. The minimum absolute atomic E-state index is 0.114. The van der Waals surface area contributed by atoms with Gasteiger partial charge in [0, 0.05) is 35.7 Å². The summed E-state index contributed by atoms with van der Waals surface area (Å²) in [6.45, 7) is 5.56. The van der Waals surface area contributed by atoms with E-state index in [-0.39, 0.29) is 29.9 Å². The van der Waals surface area contributed by atoms with Crippen LogP contribution in [0.1, 0.15) is 85.5 Å². The van der Waals surface area contributed by atoms with E-state index in [4.69, 9.17) is 43.1 Å². The third-order valence-corrected chi connectivity index (χ3v) is 12.9. The highest BCUT2D eigenvalue weighted by Crippen LogP contribution is 2.62. The van der Waals surface area contributed by atoms with Gasteiger partial charge in [0.15, 0.2) is 17.5 Å². The Bertz CT molecular complexity index is 1360. The van der Waals surface area contributed by atoms with Gasteiger partial charge < -0.3 is 28.4 Å². The molecule has 6 heterocycles. The zero-order valence-corrected chi connectivity index (χ0v) is 29.2. The van der Waals surface area contributed by atoms with Gasteiger partial charge in [-0.2, -0.15) is 26.3 Å². The van der Waals surface area contributed by atoms with Gasteiger partial charge in [0.2, 0.25) is 17.8 Å². The van der Waals surface area contributed by atoms with Gasteiger partial charge in [-0.25, -0.2) is 14.7 Å². The average molecular weight is 743 g/mol. The van der Waals surface area contributed by atoms with E-state index in [1.54, 1.807) is 13.8 Å². The van der Waals surface area contributed by atoms with Gasteiger partial charge in [-0.1, -0.05) is 32.4 Å². The van der Waals surface area contributed by atoms with Crippen molar-refractivity contribution in [1.29, 1.82) is 0 Å². The molecule has 2 aliphatic carbocycles. The molecule has 2 bridgehead atoms. The first-order valence-corrected chi connectivity index (χ1v) is 18.1. The molecule has 290 valence electrons. The molecule has 1 N–H and O–H groups in total. The van der Waals surface area contributed by atoms with Crippen molar-refractivity contribution >= 4 is 0 Å². The van der Waals surface area contributed by atoms with Crippen LogP contribution < -0.4 is 0 Å². The third-order valence-electron chi connectivity index (χ3n) is 12.9. The minimum atomic E-state index is -4.98. The zero-order valence-electron chi connectivity index (χ0n) is 29.2. The van der Waals surface area contributed by atoms with E-state index in [0.29, 0.717) is 57.8 Å². The fourth-order valence-corrected chi connectivity index (χ4v) is 10.4. The smallest absolute Gasteiger partial charge is 0.449 e. The fourth-order valence-electron chi connectivity index (χ4n) is 10.4. The van der Waals surface area contributed by atoms with Crippen LogP contribution in [0.3, 0.4) is 0 Å². The second kappa shape index (κ2) is 13.4. The van der Waals surface area contributed by atoms with Gasteiger partial charge in [0.1, 0.15) is 0 Å². The van der Waals surface area contributed by atoms with Crippen molar-refractivity contribution in [3.05, 3.63) is 23.5 Å². The third kappa shape index (κ3) is 5.97. The van der Waals surface area contributed by atoms with Gasteiger partial charge >= 0.3 is 12.4 Å². The quantitative estimate of drug-likeness (QED) is 0.0874. The van der Waals surface area contributed by atoms with Crippen LogP contribution in [-0.2, 0) is 43.1 Å². The van der Waals surface area contributed by atoms with Crippen LogP contribution in [0.5, 0.6) is 0 Å². The molecule has 0 aromatic carbocycles. The molecule has 2 saturated carbocycles. The Balaban J connectivity index is 1.06. The lowest BCUT2D eigenvalue weighted by molar-refractivity contribution is -0.557. The summed E-state index contributed by atoms with van der Waals surface area (Å²) in [4.78, 5) is 16.7. The molecule has 10 nitrogen and oxygen atoms in total. The Morgan fingerprint density at radius 2 is 1.63 bits per heavy atom. The lowest BCUT2D eigenvalue weighted by Gasteiger charge is -2.59. The van der Waals surface area contributed by atoms with Gasteiger partial charge in [0.05, 0.1) is 25.9 Å². The van der Waals surface area contributed by atoms with Crippen LogP contribution >= 0.6 is 0 Å². The number of allylic oxidation sites excluding steroid dienone is 1. The van der Waals surface area contributed by atoms with E-state index >= 15 is 0 Å². The molecule has 8 aliphatic rings. The molecule has 0 aromatic heterocycles. The van der Waals surface area contributed by atoms with Crippen LogP contribution in [0.15, 0.2) is 23.5 Å². The molecular weight excluding hydrogens is 694 g/mol. The molecule has 0 radical (unpaired) electrons. The number of hydrogen-bond acceptors (Lipinski definition) is 10. The molecule has 6 aliphatic heterocycles. The molecule has 5 saturated heterocycles. The molecule has 1 spiro atoms. The Labute approximate surface area is 292 Å². The number of ether oxygens (including phenoxy) is 6. The highest BCUT2D eigenvalue weighted by atomic mass is 19.4. The average Bonchev–Trinajstić information content (AvgIpc) is 3.38. The van der Waals surface area contributed by atoms with E-state index in [1.165, 1.54) is 19.1 Å². The Morgan fingerprint density at radius 3 is 2.35 bits per heavy atom. The number of rotatable bonds is 8. The summed E-state index contributed by atoms with van der Waals surface area (Å²) in [5, 5.41) is 10.2. The topological polar surface area (TPSA) is 103 Å². The maximum Gasteiger partial charge on any atom is 0.449 e. The normalized spacial score (nSPS) is 47.0. The molecule has 8 rings (SSSR count). The van der Waals surface area contributed by atoms with Crippen molar-refractivity contribution in [2.24, 2.45) is 35.5 Å². The lowest BCUT2D eigenvalue weighted by Crippen LogP contribution is -2.73. The second-order valence-electron chi connectivity index (χ2n) is 15.7. The van der Waals surface area contributed by atoms with Gasteiger partial charge in [-0.05, 0) is 70.6 Å². The molecule has 4 unspecified atom stereocenters. The Kier molecular flexibility index (Phi) is 9.90. The number of halogens is 6. The van der Waals surface area contributed by atoms with E-state index < -0.39 is 90.5 Å². The van der Waals surface area contributed by atoms with Crippen molar-refractivity contribution in [2.45, 2.75) is 139 Å². The molecular formula is C35H48F6O10. The van der Waals surface area contributed by atoms with E-state index in [2.05, 4.69) is 0 Å². The SMILES string of the molecule is C[C@@H]1CC[C@H]2C(COC/C=C/CO[C@@]3(C(F)(F)F)O[C@@H]4O[C@@H](C)CCC5CCC[C@@H]([C@H]3C)C54OO)=C(C(F)(F)F)O[C@@H]3OC4(C)CCC1[C@]32OO4. The highest BCUT2D eigenvalue weighted by molar-refractivity contribution is 5.28. The molecule has 7 fully saturated rings. The van der Waals surface area contributed by atoms with Crippen molar-refractivity contribution < 1.29 is 74.7 Å². The van der Waals surface area contributed by atoms with E-state index in [9.17, 15) is 31.6 Å². The van der Waals surface area contributed by atoms with Crippen molar-refractivity contribution in [3.8, 4) is 0 Å². The van der Waals surface area contributed by atoms with E-state index in [1.807, 2.05) is 6.92 Å². The van der Waals surface area contributed by atoms with Crippen LogP contribution in [0, 0.1) is 35.5 Å². The van der Waals surface area contributed by atoms with Crippen LogP contribution in [-0.4, -0.2) is 78.9 Å². The summed E-state index contributed by atoms with van der Waals surface area (Å²) in [5.74, 6) is -8.62.